The highest BCUT2D eigenvalue weighted by molar-refractivity contribution is 4.94. The van der Waals surface area contributed by atoms with Gasteiger partial charge in [-0.05, 0) is 19.4 Å². The van der Waals surface area contributed by atoms with Crippen LogP contribution in [0.1, 0.15) is 19.3 Å². The molecule has 0 bridgehead atoms. The molecule has 1 atom stereocenters. The average Bonchev–Trinajstić information content (AvgIpc) is 2.35. The Hall–Kier alpha value is -0.180. The molecule has 0 radical (unpaired) electrons. The summed E-state index contributed by atoms with van der Waals surface area (Å²) < 4.78 is 24.2. The zero-order chi connectivity index (χ0) is 6.91. The maximum atomic E-state index is 12.1. The summed E-state index contributed by atoms with van der Waals surface area (Å²) >= 11 is 0. The molecule has 2 N–H and O–H groups in total. The first kappa shape index (κ1) is 6.93. The summed E-state index contributed by atoms with van der Waals surface area (Å²) in [5.41, 5.74) is 5.15. The van der Waals surface area contributed by atoms with E-state index in [-0.39, 0.29) is 12.3 Å². The van der Waals surface area contributed by atoms with Crippen LogP contribution in [0.2, 0.25) is 0 Å². The number of rotatable bonds is 3. The van der Waals surface area contributed by atoms with E-state index in [2.05, 4.69) is 0 Å². The van der Waals surface area contributed by atoms with Crippen LogP contribution in [0, 0.1) is 5.92 Å². The molecule has 0 aromatic rings. The van der Waals surface area contributed by atoms with E-state index in [1.807, 2.05) is 0 Å². The SMILES string of the molecule is NCCCC1CC1(F)F. The molecule has 1 aliphatic carbocycles. The molecule has 0 aliphatic heterocycles. The molecule has 0 aromatic carbocycles. The van der Waals surface area contributed by atoms with Gasteiger partial charge < -0.3 is 5.73 Å². The van der Waals surface area contributed by atoms with Crippen LogP contribution in [0.5, 0.6) is 0 Å². The Bertz CT molecular complexity index is 103. The van der Waals surface area contributed by atoms with Crippen LogP contribution < -0.4 is 5.73 Å². The molecule has 0 aromatic heterocycles. The largest absolute Gasteiger partial charge is 0.330 e. The van der Waals surface area contributed by atoms with E-state index in [0.29, 0.717) is 13.0 Å². The van der Waals surface area contributed by atoms with Crippen LogP contribution in [0.15, 0.2) is 0 Å². The van der Waals surface area contributed by atoms with Gasteiger partial charge in [-0.1, -0.05) is 0 Å². The van der Waals surface area contributed by atoms with Crippen molar-refractivity contribution in [1.29, 1.82) is 0 Å². The Morgan fingerprint density at radius 1 is 1.56 bits per heavy atom. The van der Waals surface area contributed by atoms with Crippen molar-refractivity contribution in [3.05, 3.63) is 0 Å². The molecule has 54 valence electrons. The maximum absolute atomic E-state index is 12.1. The quantitative estimate of drug-likeness (QED) is 0.621. The summed E-state index contributed by atoms with van der Waals surface area (Å²) in [5.74, 6) is -2.68. The van der Waals surface area contributed by atoms with Gasteiger partial charge in [-0.2, -0.15) is 0 Å². The number of hydrogen-bond donors (Lipinski definition) is 1. The minimum Gasteiger partial charge on any atom is -0.330 e. The van der Waals surface area contributed by atoms with Crippen LogP contribution in [-0.2, 0) is 0 Å². The lowest BCUT2D eigenvalue weighted by Crippen LogP contribution is -2.01. The lowest BCUT2D eigenvalue weighted by atomic mass is 10.2. The Labute approximate surface area is 53.2 Å². The fraction of sp³-hybridized carbons (Fsp3) is 1.00. The average molecular weight is 135 g/mol. The first-order valence-corrected chi connectivity index (χ1v) is 3.24. The lowest BCUT2D eigenvalue weighted by molar-refractivity contribution is 0.0967. The van der Waals surface area contributed by atoms with E-state index < -0.39 is 5.92 Å². The molecule has 1 fully saturated rings. The number of hydrogen-bond acceptors (Lipinski definition) is 1. The Balaban J connectivity index is 2.06. The van der Waals surface area contributed by atoms with Crippen molar-refractivity contribution in [2.24, 2.45) is 11.7 Å². The molecule has 0 amide bonds. The smallest absolute Gasteiger partial charge is 0.251 e. The van der Waals surface area contributed by atoms with Crippen LogP contribution in [0.25, 0.3) is 0 Å². The lowest BCUT2D eigenvalue weighted by Gasteiger charge is -1.93. The van der Waals surface area contributed by atoms with E-state index in [1.54, 1.807) is 0 Å². The van der Waals surface area contributed by atoms with Crippen LogP contribution in [0.3, 0.4) is 0 Å². The van der Waals surface area contributed by atoms with Crippen molar-refractivity contribution >= 4 is 0 Å². The fourth-order valence-corrected chi connectivity index (χ4v) is 0.947. The van der Waals surface area contributed by atoms with Gasteiger partial charge >= 0.3 is 0 Å². The molecule has 1 saturated carbocycles. The van der Waals surface area contributed by atoms with E-state index in [9.17, 15) is 8.78 Å². The molecule has 0 spiro atoms. The second kappa shape index (κ2) is 2.21. The third-order valence-corrected chi connectivity index (χ3v) is 1.71. The first-order valence-electron chi connectivity index (χ1n) is 3.24. The van der Waals surface area contributed by atoms with E-state index in [0.717, 1.165) is 6.42 Å². The number of nitrogens with two attached hydrogens (primary N) is 1. The molecule has 9 heavy (non-hydrogen) atoms. The minimum absolute atomic E-state index is 0.0903. The van der Waals surface area contributed by atoms with E-state index >= 15 is 0 Å². The molecular formula is C6H11F2N. The fourth-order valence-electron chi connectivity index (χ4n) is 0.947. The highest BCUT2D eigenvalue weighted by Gasteiger charge is 2.55. The normalized spacial score (nSPS) is 30.3. The van der Waals surface area contributed by atoms with Crippen LogP contribution in [-0.4, -0.2) is 12.5 Å². The molecule has 0 heterocycles. The van der Waals surface area contributed by atoms with E-state index in [1.165, 1.54) is 0 Å². The summed E-state index contributed by atoms with van der Waals surface area (Å²) in [6.07, 6.45) is 1.43. The predicted octanol–water partition coefficient (Wildman–Crippen LogP) is 1.38. The van der Waals surface area contributed by atoms with Gasteiger partial charge in [0.1, 0.15) is 0 Å². The summed E-state index contributed by atoms with van der Waals surface area (Å²) in [6.45, 7) is 0.534. The van der Waals surface area contributed by atoms with Gasteiger partial charge in [-0.15, -0.1) is 0 Å². The number of alkyl halides is 2. The molecule has 3 heteroatoms. The van der Waals surface area contributed by atoms with Crippen molar-refractivity contribution in [3.63, 3.8) is 0 Å². The third-order valence-electron chi connectivity index (χ3n) is 1.71. The standard InChI is InChI=1S/C6H11F2N/c7-6(8)4-5(6)2-1-3-9/h5H,1-4,9H2. The maximum Gasteiger partial charge on any atom is 0.251 e. The zero-order valence-electron chi connectivity index (χ0n) is 5.24. The monoisotopic (exact) mass is 135 g/mol. The van der Waals surface area contributed by atoms with E-state index in [4.69, 9.17) is 5.73 Å². The van der Waals surface area contributed by atoms with Gasteiger partial charge in [0.25, 0.3) is 5.92 Å². The number of halogens is 2. The van der Waals surface area contributed by atoms with Gasteiger partial charge in [0.2, 0.25) is 0 Å². The molecule has 0 saturated heterocycles. The summed E-state index contributed by atoms with van der Waals surface area (Å²) in [4.78, 5) is 0. The molecule has 1 unspecified atom stereocenters. The van der Waals surface area contributed by atoms with Gasteiger partial charge in [0.05, 0.1) is 0 Å². The second-order valence-electron chi connectivity index (χ2n) is 2.59. The van der Waals surface area contributed by atoms with Gasteiger partial charge in [-0.3, -0.25) is 0 Å². The van der Waals surface area contributed by atoms with Crippen molar-refractivity contribution < 1.29 is 8.78 Å². The van der Waals surface area contributed by atoms with Crippen molar-refractivity contribution in [2.45, 2.75) is 25.2 Å². The van der Waals surface area contributed by atoms with Crippen LogP contribution >= 0.6 is 0 Å². The summed E-state index contributed by atoms with van der Waals surface area (Å²) in [6, 6.07) is 0. The predicted molar refractivity (Wildman–Crippen MR) is 31.3 cm³/mol. The Morgan fingerprint density at radius 3 is 2.44 bits per heavy atom. The highest BCUT2D eigenvalue weighted by Crippen LogP contribution is 2.50. The zero-order valence-corrected chi connectivity index (χ0v) is 5.24. The molecule has 1 nitrogen and oxygen atoms in total. The van der Waals surface area contributed by atoms with Gasteiger partial charge in [-0.25, -0.2) is 8.78 Å². The van der Waals surface area contributed by atoms with Gasteiger partial charge in [0.15, 0.2) is 0 Å². The Morgan fingerprint density at radius 2 is 2.11 bits per heavy atom. The summed E-state index contributed by atoms with van der Waals surface area (Å²) in [5, 5.41) is 0. The Kier molecular flexibility index (Phi) is 1.70. The van der Waals surface area contributed by atoms with Crippen LogP contribution in [0.4, 0.5) is 8.78 Å². The topological polar surface area (TPSA) is 26.0 Å². The second-order valence-corrected chi connectivity index (χ2v) is 2.59. The molecule has 1 rings (SSSR count). The highest BCUT2D eigenvalue weighted by atomic mass is 19.3. The first-order chi connectivity index (χ1) is 4.17. The van der Waals surface area contributed by atoms with Crippen molar-refractivity contribution in [2.75, 3.05) is 6.54 Å². The summed E-state index contributed by atoms with van der Waals surface area (Å²) in [7, 11) is 0. The van der Waals surface area contributed by atoms with Gasteiger partial charge in [0, 0.05) is 12.3 Å². The van der Waals surface area contributed by atoms with Crippen molar-refractivity contribution in [1.82, 2.24) is 0 Å². The third kappa shape index (κ3) is 1.61. The molecule has 1 aliphatic rings. The minimum atomic E-state index is -2.34. The molecular weight excluding hydrogens is 124 g/mol. The van der Waals surface area contributed by atoms with Crippen molar-refractivity contribution in [3.8, 4) is 0 Å².